The Labute approximate surface area is 271 Å². The van der Waals surface area contributed by atoms with E-state index in [1.165, 1.54) is 0 Å². The lowest BCUT2D eigenvalue weighted by atomic mass is 9.80. The highest BCUT2D eigenvalue weighted by Gasteiger charge is 2.35. The minimum absolute atomic E-state index is 0.0873. The first-order chi connectivity index (χ1) is 22.4. The molecule has 4 aromatic rings. The minimum Gasteiger partial charge on any atom is -0.481 e. The summed E-state index contributed by atoms with van der Waals surface area (Å²) in [5.41, 5.74) is 7.27. The number of carboxylic acid groups (broad SMARTS) is 1. The number of benzene rings is 2. The summed E-state index contributed by atoms with van der Waals surface area (Å²) in [5.74, 6) is -0.435. The van der Waals surface area contributed by atoms with Gasteiger partial charge in [-0.1, -0.05) is 54.6 Å². The van der Waals surface area contributed by atoms with Gasteiger partial charge in [0.1, 0.15) is 5.65 Å². The van der Waals surface area contributed by atoms with Crippen LogP contribution in [0.5, 0.6) is 0 Å². The van der Waals surface area contributed by atoms with Crippen molar-refractivity contribution in [2.45, 2.75) is 58.9 Å². The van der Waals surface area contributed by atoms with Gasteiger partial charge in [0.05, 0.1) is 11.4 Å². The summed E-state index contributed by atoms with van der Waals surface area (Å²) in [7, 11) is 0. The van der Waals surface area contributed by atoms with E-state index in [4.69, 9.17) is 9.72 Å². The third-order valence-corrected chi connectivity index (χ3v) is 10.0. The van der Waals surface area contributed by atoms with Crippen molar-refractivity contribution >= 4 is 33.8 Å². The number of carbonyl (C=O) groups excluding carboxylic acids is 1. The van der Waals surface area contributed by atoms with E-state index in [1.807, 2.05) is 19.9 Å². The van der Waals surface area contributed by atoms with Crippen LogP contribution in [0, 0.1) is 19.8 Å². The van der Waals surface area contributed by atoms with Gasteiger partial charge in [-0.3, -0.25) is 14.5 Å². The fourth-order valence-corrected chi connectivity index (χ4v) is 7.47. The Morgan fingerprint density at radius 1 is 1.02 bits per heavy atom. The van der Waals surface area contributed by atoms with Crippen LogP contribution in [0.4, 0.5) is 0 Å². The highest BCUT2D eigenvalue weighted by atomic mass is 16.5. The first-order valence-electron chi connectivity index (χ1n) is 16.7. The number of carboxylic acids is 1. The fraction of sp³-hybridized carbons (Fsp3) is 0.447. The Kier molecular flexibility index (Phi) is 9.85. The number of hydrogen-bond acceptors (Lipinski definition) is 5. The van der Waals surface area contributed by atoms with Gasteiger partial charge in [0, 0.05) is 75.4 Å². The summed E-state index contributed by atoms with van der Waals surface area (Å²) in [6.45, 7) is 12.5. The summed E-state index contributed by atoms with van der Waals surface area (Å²) < 4.78 is 7.96. The number of para-hydroxylation sites is 1. The van der Waals surface area contributed by atoms with Gasteiger partial charge < -0.3 is 19.3 Å². The predicted molar refractivity (Wildman–Crippen MR) is 182 cm³/mol. The maximum absolute atomic E-state index is 14.1. The summed E-state index contributed by atoms with van der Waals surface area (Å²) in [6, 6.07) is 17.0. The lowest BCUT2D eigenvalue weighted by molar-refractivity contribution is -0.137. The van der Waals surface area contributed by atoms with Crippen LogP contribution >= 0.6 is 0 Å². The molecule has 2 aromatic carbocycles. The summed E-state index contributed by atoms with van der Waals surface area (Å²) in [5, 5.41) is 11.5. The fourth-order valence-electron chi connectivity index (χ4n) is 7.47. The van der Waals surface area contributed by atoms with Crippen LogP contribution in [0.3, 0.4) is 0 Å². The maximum Gasteiger partial charge on any atom is 0.303 e. The van der Waals surface area contributed by atoms with E-state index in [1.54, 1.807) is 0 Å². The molecule has 0 bridgehead atoms. The number of rotatable bonds is 10. The molecule has 1 N–H and O–H groups in total. The van der Waals surface area contributed by atoms with Gasteiger partial charge in [-0.2, -0.15) is 0 Å². The molecule has 1 atom stereocenters. The topological polar surface area (TPSA) is 87.9 Å². The van der Waals surface area contributed by atoms with E-state index in [-0.39, 0.29) is 24.2 Å². The quantitative estimate of drug-likeness (QED) is 0.215. The number of aliphatic carboxylic acids is 1. The van der Waals surface area contributed by atoms with Crippen molar-refractivity contribution in [1.82, 2.24) is 19.4 Å². The normalized spacial score (nSPS) is 17.3. The molecule has 46 heavy (non-hydrogen) atoms. The Bertz CT molecular complexity index is 1730. The lowest BCUT2D eigenvalue weighted by Gasteiger charge is -2.38. The van der Waals surface area contributed by atoms with Crippen LogP contribution in [-0.2, 0) is 27.3 Å². The highest BCUT2D eigenvalue weighted by molar-refractivity contribution is 6.08. The van der Waals surface area contributed by atoms with Crippen LogP contribution in [0.15, 0.2) is 60.7 Å². The molecule has 2 aliphatic heterocycles. The number of allylic oxidation sites excluding steroid dienone is 1. The molecule has 0 saturated carbocycles. The van der Waals surface area contributed by atoms with Crippen molar-refractivity contribution in [3.63, 3.8) is 0 Å². The van der Waals surface area contributed by atoms with Crippen molar-refractivity contribution in [2.24, 2.45) is 5.92 Å². The van der Waals surface area contributed by atoms with Gasteiger partial charge >= 0.3 is 5.97 Å². The van der Waals surface area contributed by atoms with Crippen LogP contribution < -0.4 is 0 Å². The van der Waals surface area contributed by atoms with Crippen LogP contribution in [0.25, 0.3) is 21.9 Å². The molecule has 8 heteroatoms. The Balaban J connectivity index is 1.28. The monoisotopic (exact) mass is 622 g/mol. The number of aromatic nitrogens is 2. The van der Waals surface area contributed by atoms with E-state index in [0.717, 1.165) is 95.4 Å². The summed E-state index contributed by atoms with van der Waals surface area (Å²) in [4.78, 5) is 35.0. The molecular formula is C38H46N4O4. The van der Waals surface area contributed by atoms with E-state index < -0.39 is 5.97 Å². The molecule has 1 amide bonds. The molecule has 0 aliphatic carbocycles. The van der Waals surface area contributed by atoms with Crippen molar-refractivity contribution < 1.29 is 19.4 Å². The van der Waals surface area contributed by atoms with E-state index in [9.17, 15) is 14.7 Å². The Morgan fingerprint density at radius 3 is 2.43 bits per heavy atom. The van der Waals surface area contributed by atoms with Gasteiger partial charge in [0.2, 0.25) is 5.91 Å². The van der Waals surface area contributed by atoms with E-state index >= 15 is 0 Å². The number of hydrogen-bond donors (Lipinski definition) is 1. The standard InChI is InChI=1S/C38H46N4O4/c1-4-5-18-40-19-21-41(22-20-40)38(45)36(30-16-23-46-24-17-30)29-12-10-28(11-13-29)25-42-33-9-7-6-8-32(33)35-26(2)31(14-15-34(43)44)27(3)39-37(35)42/h4-13,30,36H,14-25H2,1-3H3,(H,43,44)/b5-4+. The molecule has 4 heterocycles. The third kappa shape index (κ3) is 6.60. The number of ether oxygens (including phenoxy) is 1. The Morgan fingerprint density at radius 2 is 1.74 bits per heavy atom. The van der Waals surface area contributed by atoms with Crippen LogP contribution in [0.2, 0.25) is 0 Å². The van der Waals surface area contributed by atoms with Crippen LogP contribution in [-0.4, -0.2) is 82.3 Å². The average Bonchev–Trinajstić information content (AvgIpc) is 3.37. The number of piperazine rings is 1. The molecule has 8 nitrogen and oxygen atoms in total. The molecule has 2 fully saturated rings. The first-order valence-corrected chi connectivity index (χ1v) is 16.7. The predicted octanol–water partition coefficient (Wildman–Crippen LogP) is 6.10. The SMILES string of the molecule is C/C=C/CN1CCN(C(=O)C(c2ccc(Cn3c4ccccc4c4c(C)c(CCC(=O)O)c(C)nc43)cc2)C2CCOCC2)CC1. The molecule has 0 radical (unpaired) electrons. The van der Waals surface area contributed by atoms with Gasteiger partial charge in [-0.05, 0) is 74.3 Å². The first kappa shape index (κ1) is 32.0. The number of aryl methyl sites for hydroxylation is 2. The summed E-state index contributed by atoms with van der Waals surface area (Å²) in [6.07, 6.45) is 6.63. The molecule has 1 unspecified atom stereocenters. The average molecular weight is 623 g/mol. The number of fused-ring (bicyclic) bond motifs is 3. The molecular weight excluding hydrogens is 576 g/mol. The maximum atomic E-state index is 14.1. The number of pyridine rings is 1. The van der Waals surface area contributed by atoms with E-state index in [0.29, 0.717) is 26.2 Å². The van der Waals surface area contributed by atoms with Gasteiger partial charge in [0.15, 0.2) is 0 Å². The van der Waals surface area contributed by atoms with Crippen molar-refractivity contribution in [1.29, 1.82) is 0 Å². The van der Waals surface area contributed by atoms with Gasteiger partial charge in [-0.15, -0.1) is 0 Å². The second-order valence-electron chi connectivity index (χ2n) is 12.9. The molecule has 2 saturated heterocycles. The van der Waals surface area contributed by atoms with Gasteiger partial charge in [-0.25, -0.2) is 4.98 Å². The largest absolute Gasteiger partial charge is 0.481 e. The van der Waals surface area contributed by atoms with E-state index in [2.05, 4.69) is 75.9 Å². The lowest BCUT2D eigenvalue weighted by Crippen LogP contribution is -2.50. The molecule has 0 spiro atoms. The second-order valence-corrected chi connectivity index (χ2v) is 12.9. The number of carbonyl (C=O) groups is 2. The second kappa shape index (κ2) is 14.2. The smallest absolute Gasteiger partial charge is 0.303 e. The molecule has 2 aliphatic rings. The zero-order valence-electron chi connectivity index (χ0n) is 27.4. The molecule has 242 valence electrons. The number of amides is 1. The van der Waals surface area contributed by atoms with Gasteiger partial charge in [0.25, 0.3) is 0 Å². The zero-order valence-corrected chi connectivity index (χ0v) is 27.4. The third-order valence-electron chi connectivity index (χ3n) is 10.0. The number of nitrogens with zero attached hydrogens (tertiary/aromatic N) is 4. The highest BCUT2D eigenvalue weighted by Crippen LogP contribution is 2.36. The minimum atomic E-state index is -0.798. The van der Waals surface area contributed by atoms with Crippen LogP contribution in [0.1, 0.15) is 60.1 Å². The van der Waals surface area contributed by atoms with Crippen molar-refractivity contribution in [3.8, 4) is 0 Å². The summed E-state index contributed by atoms with van der Waals surface area (Å²) >= 11 is 0. The van der Waals surface area contributed by atoms with Crippen molar-refractivity contribution in [3.05, 3.63) is 88.6 Å². The van der Waals surface area contributed by atoms with Crippen molar-refractivity contribution in [2.75, 3.05) is 45.9 Å². The Hall–Kier alpha value is -4.01. The molecule has 6 rings (SSSR count). The zero-order chi connectivity index (χ0) is 32.2. The molecule has 2 aromatic heterocycles.